The van der Waals surface area contributed by atoms with Crippen LogP contribution in [0.25, 0.3) is 16.6 Å². The molecule has 0 bridgehead atoms. The van der Waals surface area contributed by atoms with Crippen molar-refractivity contribution in [1.29, 1.82) is 0 Å². The lowest BCUT2D eigenvalue weighted by atomic mass is 10.0. The Labute approximate surface area is 142 Å². The van der Waals surface area contributed by atoms with Crippen LogP contribution in [-0.4, -0.2) is 37.6 Å². The molecule has 1 aromatic carbocycles. The molecule has 1 atom stereocenters. The van der Waals surface area contributed by atoms with Crippen LogP contribution in [0.5, 0.6) is 0 Å². The number of hydrogen-bond acceptors (Lipinski definition) is 4. The fourth-order valence-electron chi connectivity index (χ4n) is 2.77. The number of amides is 1. The third-order valence-corrected chi connectivity index (χ3v) is 3.93. The molecule has 0 fully saturated rings. The Bertz CT molecular complexity index is 1020. The molecule has 3 rings (SSSR count). The number of carbonyl (C=O) groups excluding carboxylic acids is 1. The van der Waals surface area contributed by atoms with E-state index < -0.39 is 17.9 Å². The van der Waals surface area contributed by atoms with Gasteiger partial charge < -0.3 is 15.4 Å². The SMILES string of the molecule is CC(C)CC(NC(=O)c1cnn2c1[nH]c(=O)c1ccccc12)C(=O)O. The molecule has 0 aliphatic rings. The third-order valence-electron chi connectivity index (χ3n) is 3.93. The standard InChI is InChI=1S/C17H18N4O4/c1-9(2)7-12(17(24)25)19-16(23)11-8-18-21-13-6-4-3-5-10(13)15(22)20-14(11)21/h3-6,8-9,12H,7H2,1-2H3,(H,19,23)(H,20,22)(H,24,25). The second-order valence-corrected chi connectivity index (χ2v) is 6.28. The molecule has 2 aromatic heterocycles. The smallest absolute Gasteiger partial charge is 0.326 e. The van der Waals surface area contributed by atoms with Crippen molar-refractivity contribution in [3.63, 3.8) is 0 Å². The summed E-state index contributed by atoms with van der Waals surface area (Å²) in [5.74, 6) is -1.58. The van der Waals surface area contributed by atoms with Gasteiger partial charge in [-0.3, -0.25) is 9.59 Å². The van der Waals surface area contributed by atoms with Gasteiger partial charge in [0.05, 0.1) is 17.1 Å². The van der Waals surface area contributed by atoms with Gasteiger partial charge in [-0.1, -0.05) is 26.0 Å². The number of para-hydroxylation sites is 1. The van der Waals surface area contributed by atoms with E-state index in [1.54, 1.807) is 24.3 Å². The molecule has 1 amide bonds. The van der Waals surface area contributed by atoms with Crippen LogP contribution >= 0.6 is 0 Å². The molecule has 130 valence electrons. The second kappa shape index (κ2) is 6.39. The van der Waals surface area contributed by atoms with E-state index in [0.717, 1.165) is 0 Å². The van der Waals surface area contributed by atoms with Gasteiger partial charge in [0.25, 0.3) is 11.5 Å². The van der Waals surface area contributed by atoms with Crippen LogP contribution in [0, 0.1) is 5.92 Å². The maximum atomic E-state index is 12.5. The molecular weight excluding hydrogens is 324 g/mol. The van der Waals surface area contributed by atoms with Gasteiger partial charge in [0.15, 0.2) is 0 Å². The molecule has 8 nitrogen and oxygen atoms in total. The van der Waals surface area contributed by atoms with Gasteiger partial charge in [-0.25, -0.2) is 9.31 Å². The van der Waals surface area contributed by atoms with Crippen molar-refractivity contribution in [3.05, 3.63) is 46.4 Å². The summed E-state index contributed by atoms with van der Waals surface area (Å²) in [5, 5.41) is 16.4. The summed E-state index contributed by atoms with van der Waals surface area (Å²) in [6, 6.07) is 5.90. The minimum atomic E-state index is -1.10. The van der Waals surface area contributed by atoms with E-state index in [9.17, 15) is 19.5 Å². The first-order valence-corrected chi connectivity index (χ1v) is 7.91. The van der Waals surface area contributed by atoms with Crippen molar-refractivity contribution < 1.29 is 14.7 Å². The Balaban J connectivity index is 2.03. The Kier molecular flexibility index (Phi) is 4.26. The summed E-state index contributed by atoms with van der Waals surface area (Å²) in [6.45, 7) is 3.75. The van der Waals surface area contributed by atoms with Crippen molar-refractivity contribution in [2.24, 2.45) is 5.92 Å². The first-order chi connectivity index (χ1) is 11.9. The third kappa shape index (κ3) is 3.10. The van der Waals surface area contributed by atoms with Crippen molar-refractivity contribution in [2.75, 3.05) is 0 Å². The maximum Gasteiger partial charge on any atom is 0.326 e. The van der Waals surface area contributed by atoms with Crippen molar-refractivity contribution >= 4 is 28.4 Å². The molecular formula is C17H18N4O4. The Morgan fingerprint density at radius 1 is 1.32 bits per heavy atom. The number of aliphatic carboxylic acids is 1. The average molecular weight is 342 g/mol. The van der Waals surface area contributed by atoms with Gasteiger partial charge >= 0.3 is 5.97 Å². The van der Waals surface area contributed by atoms with E-state index >= 15 is 0 Å². The number of benzene rings is 1. The van der Waals surface area contributed by atoms with E-state index in [0.29, 0.717) is 17.3 Å². The van der Waals surface area contributed by atoms with Gasteiger partial charge in [-0.2, -0.15) is 5.10 Å². The first kappa shape index (κ1) is 16.7. The monoisotopic (exact) mass is 342 g/mol. The summed E-state index contributed by atoms with van der Waals surface area (Å²) in [4.78, 5) is 38.7. The molecule has 0 saturated carbocycles. The second-order valence-electron chi connectivity index (χ2n) is 6.28. The summed E-state index contributed by atoms with van der Waals surface area (Å²) in [5.41, 5.74) is 0.583. The Morgan fingerprint density at radius 2 is 2.04 bits per heavy atom. The number of carboxylic acid groups (broad SMARTS) is 1. The zero-order valence-electron chi connectivity index (χ0n) is 13.8. The largest absolute Gasteiger partial charge is 0.480 e. The molecule has 0 aliphatic carbocycles. The number of aromatic amines is 1. The predicted octanol–water partition coefficient (Wildman–Crippen LogP) is 1.40. The fraction of sp³-hybridized carbons (Fsp3) is 0.294. The number of hydrogen-bond donors (Lipinski definition) is 3. The van der Waals surface area contributed by atoms with Gasteiger partial charge in [-0.15, -0.1) is 0 Å². The van der Waals surface area contributed by atoms with E-state index in [4.69, 9.17) is 0 Å². The van der Waals surface area contributed by atoms with E-state index in [-0.39, 0.29) is 22.7 Å². The van der Waals surface area contributed by atoms with Crippen molar-refractivity contribution in [3.8, 4) is 0 Å². The van der Waals surface area contributed by atoms with Crippen LogP contribution in [0.4, 0.5) is 0 Å². The minimum Gasteiger partial charge on any atom is -0.480 e. The normalized spacial score (nSPS) is 12.6. The first-order valence-electron chi connectivity index (χ1n) is 7.91. The molecule has 25 heavy (non-hydrogen) atoms. The highest BCUT2D eigenvalue weighted by Gasteiger charge is 2.24. The van der Waals surface area contributed by atoms with E-state index in [1.165, 1.54) is 10.7 Å². The predicted molar refractivity (Wildman–Crippen MR) is 91.7 cm³/mol. The molecule has 0 spiro atoms. The number of carboxylic acids is 1. The number of fused-ring (bicyclic) bond motifs is 3. The Morgan fingerprint density at radius 3 is 2.72 bits per heavy atom. The number of aromatic nitrogens is 3. The fourth-order valence-corrected chi connectivity index (χ4v) is 2.77. The van der Waals surface area contributed by atoms with Crippen LogP contribution < -0.4 is 10.9 Å². The lowest BCUT2D eigenvalue weighted by Crippen LogP contribution is -2.41. The summed E-state index contributed by atoms with van der Waals surface area (Å²) in [7, 11) is 0. The van der Waals surface area contributed by atoms with Crippen LogP contribution in [-0.2, 0) is 4.79 Å². The van der Waals surface area contributed by atoms with Crippen LogP contribution in [0.15, 0.2) is 35.3 Å². The average Bonchev–Trinajstić information content (AvgIpc) is 2.98. The van der Waals surface area contributed by atoms with Gasteiger partial charge in [0, 0.05) is 0 Å². The highest BCUT2D eigenvalue weighted by Crippen LogP contribution is 2.15. The van der Waals surface area contributed by atoms with Gasteiger partial charge in [0.2, 0.25) is 0 Å². The molecule has 8 heteroatoms. The number of H-pyrrole nitrogens is 1. The van der Waals surface area contributed by atoms with Gasteiger partial charge in [0.1, 0.15) is 17.3 Å². The number of carbonyl (C=O) groups is 2. The Hall–Kier alpha value is -3.16. The molecule has 0 aliphatic heterocycles. The maximum absolute atomic E-state index is 12.5. The van der Waals surface area contributed by atoms with Crippen molar-refractivity contribution in [1.82, 2.24) is 19.9 Å². The molecule has 0 saturated heterocycles. The zero-order valence-corrected chi connectivity index (χ0v) is 13.8. The van der Waals surface area contributed by atoms with Crippen LogP contribution in [0.3, 0.4) is 0 Å². The minimum absolute atomic E-state index is 0.106. The quantitative estimate of drug-likeness (QED) is 0.648. The number of nitrogens with one attached hydrogen (secondary N) is 2. The highest BCUT2D eigenvalue weighted by molar-refractivity contribution is 6.02. The summed E-state index contributed by atoms with van der Waals surface area (Å²) in [6.07, 6.45) is 1.63. The van der Waals surface area contributed by atoms with Crippen molar-refractivity contribution in [2.45, 2.75) is 26.3 Å². The summed E-state index contributed by atoms with van der Waals surface area (Å²) >= 11 is 0. The van der Waals surface area contributed by atoms with Crippen LogP contribution in [0.2, 0.25) is 0 Å². The van der Waals surface area contributed by atoms with E-state index in [2.05, 4.69) is 15.4 Å². The van der Waals surface area contributed by atoms with E-state index in [1.807, 2.05) is 13.8 Å². The molecule has 3 N–H and O–H groups in total. The van der Waals surface area contributed by atoms with Crippen LogP contribution in [0.1, 0.15) is 30.6 Å². The number of rotatable bonds is 5. The molecule has 1 unspecified atom stereocenters. The highest BCUT2D eigenvalue weighted by atomic mass is 16.4. The molecule has 2 heterocycles. The van der Waals surface area contributed by atoms with Gasteiger partial charge in [-0.05, 0) is 24.5 Å². The topological polar surface area (TPSA) is 117 Å². The summed E-state index contributed by atoms with van der Waals surface area (Å²) < 4.78 is 1.46. The molecule has 3 aromatic rings. The molecule has 0 radical (unpaired) electrons. The lowest BCUT2D eigenvalue weighted by Gasteiger charge is -2.16. The lowest BCUT2D eigenvalue weighted by molar-refractivity contribution is -0.139. The number of nitrogens with zero attached hydrogens (tertiary/aromatic N) is 2. The zero-order chi connectivity index (χ0) is 18.1.